The summed E-state index contributed by atoms with van der Waals surface area (Å²) in [6.07, 6.45) is 1.75. The molecular weight excluding hydrogens is 242 g/mol. The lowest BCUT2D eigenvalue weighted by Crippen LogP contribution is -2.26. The lowest BCUT2D eigenvalue weighted by Gasteiger charge is -2.09. The summed E-state index contributed by atoms with van der Waals surface area (Å²) < 4.78 is 10.6. The topological polar surface area (TPSA) is 60.2 Å². The average Bonchev–Trinajstić information content (AvgIpc) is 2.93. The molecule has 5 nitrogen and oxygen atoms in total. The van der Waals surface area contributed by atoms with E-state index in [4.69, 9.17) is 9.26 Å². The van der Waals surface area contributed by atoms with Crippen LogP contribution in [-0.2, 0) is 6.42 Å². The van der Waals surface area contributed by atoms with Crippen molar-refractivity contribution >= 4 is 0 Å². The van der Waals surface area contributed by atoms with Crippen molar-refractivity contribution in [2.45, 2.75) is 25.8 Å². The van der Waals surface area contributed by atoms with Crippen molar-refractivity contribution in [3.8, 4) is 17.1 Å². The summed E-state index contributed by atoms with van der Waals surface area (Å²) >= 11 is 0. The number of benzene rings is 1. The summed E-state index contributed by atoms with van der Waals surface area (Å²) in [7, 11) is 3.57. The van der Waals surface area contributed by atoms with Gasteiger partial charge in [0.15, 0.2) is 0 Å². The van der Waals surface area contributed by atoms with Gasteiger partial charge >= 0.3 is 0 Å². The highest BCUT2D eigenvalue weighted by atomic mass is 16.5. The van der Waals surface area contributed by atoms with E-state index >= 15 is 0 Å². The van der Waals surface area contributed by atoms with Crippen LogP contribution in [0.15, 0.2) is 28.8 Å². The maximum absolute atomic E-state index is 5.30. The van der Waals surface area contributed by atoms with Crippen LogP contribution in [0.2, 0.25) is 0 Å². The molecule has 0 radical (unpaired) electrons. The summed E-state index contributed by atoms with van der Waals surface area (Å²) in [5.74, 6) is 1.95. The summed E-state index contributed by atoms with van der Waals surface area (Å²) in [5, 5.41) is 7.24. The van der Waals surface area contributed by atoms with E-state index in [-0.39, 0.29) is 0 Å². The Morgan fingerprint density at radius 3 is 2.84 bits per heavy atom. The molecule has 0 saturated carbocycles. The first-order valence-corrected chi connectivity index (χ1v) is 6.41. The number of para-hydroxylation sites is 1. The molecule has 19 heavy (non-hydrogen) atoms. The van der Waals surface area contributed by atoms with Crippen molar-refractivity contribution in [1.82, 2.24) is 15.5 Å². The second-order valence-electron chi connectivity index (χ2n) is 4.31. The molecule has 1 atom stereocenters. The van der Waals surface area contributed by atoms with Crippen LogP contribution in [0.3, 0.4) is 0 Å². The fourth-order valence-electron chi connectivity index (χ4n) is 1.94. The van der Waals surface area contributed by atoms with E-state index < -0.39 is 0 Å². The Hall–Kier alpha value is -1.88. The van der Waals surface area contributed by atoms with Crippen molar-refractivity contribution < 1.29 is 9.26 Å². The predicted octanol–water partition coefficient (Wildman–Crippen LogP) is 2.29. The fourth-order valence-corrected chi connectivity index (χ4v) is 1.94. The molecule has 1 aromatic carbocycles. The standard InChI is InChI=1S/C14H19N3O2/c1-4-10(15-2)9-13-16-14(17-19-13)11-7-5-6-8-12(11)18-3/h5-8,10,15H,4,9H2,1-3H3. The molecule has 0 saturated heterocycles. The third-order valence-electron chi connectivity index (χ3n) is 3.14. The van der Waals surface area contributed by atoms with Crippen LogP contribution < -0.4 is 10.1 Å². The zero-order valence-electron chi connectivity index (χ0n) is 11.5. The van der Waals surface area contributed by atoms with E-state index in [0.29, 0.717) is 17.8 Å². The highest BCUT2D eigenvalue weighted by molar-refractivity contribution is 5.63. The molecule has 2 aromatic rings. The molecule has 0 aliphatic heterocycles. The van der Waals surface area contributed by atoms with Crippen molar-refractivity contribution in [2.24, 2.45) is 0 Å². The van der Waals surface area contributed by atoms with Gasteiger partial charge in [0, 0.05) is 12.5 Å². The Labute approximate surface area is 113 Å². The van der Waals surface area contributed by atoms with Gasteiger partial charge < -0.3 is 14.6 Å². The number of hydrogen-bond acceptors (Lipinski definition) is 5. The fraction of sp³-hybridized carbons (Fsp3) is 0.429. The first kappa shape index (κ1) is 13.5. The second kappa shape index (κ2) is 6.33. The third kappa shape index (κ3) is 3.12. The monoisotopic (exact) mass is 261 g/mol. The smallest absolute Gasteiger partial charge is 0.228 e. The molecular formula is C14H19N3O2. The minimum atomic E-state index is 0.353. The minimum absolute atomic E-state index is 0.353. The van der Waals surface area contributed by atoms with E-state index in [1.165, 1.54) is 0 Å². The number of nitrogens with zero attached hydrogens (tertiary/aromatic N) is 2. The number of likely N-dealkylation sites (N-methyl/N-ethyl adjacent to an activating group) is 1. The quantitative estimate of drug-likeness (QED) is 0.864. The summed E-state index contributed by atoms with van der Waals surface area (Å²) in [4.78, 5) is 4.43. The maximum atomic E-state index is 5.30. The zero-order valence-corrected chi connectivity index (χ0v) is 11.5. The molecule has 1 aromatic heterocycles. The lowest BCUT2D eigenvalue weighted by molar-refractivity contribution is 0.358. The number of methoxy groups -OCH3 is 1. The molecule has 0 aliphatic carbocycles. The van der Waals surface area contributed by atoms with E-state index in [2.05, 4.69) is 22.4 Å². The number of nitrogens with one attached hydrogen (secondary N) is 1. The minimum Gasteiger partial charge on any atom is -0.496 e. The van der Waals surface area contributed by atoms with Crippen molar-refractivity contribution in [2.75, 3.05) is 14.2 Å². The van der Waals surface area contributed by atoms with Gasteiger partial charge in [-0.2, -0.15) is 4.98 Å². The van der Waals surface area contributed by atoms with Crippen LogP contribution in [0.25, 0.3) is 11.4 Å². The molecule has 1 N–H and O–H groups in total. The largest absolute Gasteiger partial charge is 0.496 e. The van der Waals surface area contributed by atoms with Crippen LogP contribution in [0.4, 0.5) is 0 Å². The van der Waals surface area contributed by atoms with Crippen molar-refractivity contribution in [3.63, 3.8) is 0 Å². The Morgan fingerprint density at radius 2 is 2.16 bits per heavy atom. The van der Waals surface area contributed by atoms with Gasteiger partial charge in [-0.15, -0.1) is 0 Å². The molecule has 5 heteroatoms. The summed E-state index contributed by atoms with van der Waals surface area (Å²) in [6.45, 7) is 2.12. The van der Waals surface area contributed by atoms with Gasteiger partial charge in [-0.25, -0.2) is 0 Å². The summed E-state index contributed by atoms with van der Waals surface area (Å²) in [5.41, 5.74) is 0.845. The Morgan fingerprint density at radius 1 is 1.37 bits per heavy atom. The lowest BCUT2D eigenvalue weighted by atomic mass is 10.1. The average molecular weight is 261 g/mol. The highest BCUT2D eigenvalue weighted by Gasteiger charge is 2.15. The first-order valence-electron chi connectivity index (χ1n) is 6.41. The van der Waals surface area contributed by atoms with Crippen LogP contribution in [0.1, 0.15) is 19.2 Å². The van der Waals surface area contributed by atoms with E-state index in [1.54, 1.807) is 7.11 Å². The highest BCUT2D eigenvalue weighted by Crippen LogP contribution is 2.27. The SMILES string of the molecule is CCC(Cc1nc(-c2ccccc2OC)no1)NC. The van der Waals surface area contributed by atoms with Crippen LogP contribution >= 0.6 is 0 Å². The number of hydrogen-bond donors (Lipinski definition) is 1. The normalized spacial score (nSPS) is 12.4. The zero-order chi connectivity index (χ0) is 13.7. The van der Waals surface area contributed by atoms with Crippen LogP contribution in [-0.4, -0.2) is 30.3 Å². The van der Waals surface area contributed by atoms with Crippen molar-refractivity contribution in [3.05, 3.63) is 30.2 Å². The second-order valence-corrected chi connectivity index (χ2v) is 4.31. The van der Waals surface area contributed by atoms with E-state index in [1.807, 2.05) is 31.3 Å². The van der Waals surface area contributed by atoms with E-state index in [0.717, 1.165) is 24.2 Å². The Bertz CT molecular complexity index is 521. The molecule has 0 aliphatic rings. The molecule has 0 spiro atoms. The van der Waals surface area contributed by atoms with Gasteiger partial charge in [-0.3, -0.25) is 0 Å². The predicted molar refractivity (Wildman–Crippen MR) is 73.1 cm³/mol. The first-order chi connectivity index (χ1) is 9.28. The van der Waals surface area contributed by atoms with Crippen LogP contribution in [0.5, 0.6) is 5.75 Å². The van der Waals surface area contributed by atoms with E-state index in [9.17, 15) is 0 Å². The third-order valence-corrected chi connectivity index (χ3v) is 3.14. The maximum Gasteiger partial charge on any atom is 0.228 e. The number of aromatic nitrogens is 2. The number of ether oxygens (including phenoxy) is 1. The molecule has 102 valence electrons. The van der Waals surface area contributed by atoms with Gasteiger partial charge in [-0.1, -0.05) is 24.2 Å². The number of rotatable bonds is 6. The molecule has 0 bridgehead atoms. The molecule has 1 unspecified atom stereocenters. The van der Waals surface area contributed by atoms with Gasteiger partial charge in [0.2, 0.25) is 11.7 Å². The molecule has 0 amide bonds. The Balaban J connectivity index is 2.21. The summed E-state index contributed by atoms with van der Waals surface area (Å²) in [6, 6.07) is 8.00. The van der Waals surface area contributed by atoms with Crippen LogP contribution in [0, 0.1) is 0 Å². The van der Waals surface area contributed by atoms with Crippen molar-refractivity contribution in [1.29, 1.82) is 0 Å². The van der Waals surface area contributed by atoms with Gasteiger partial charge in [0.25, 0.3) is 0 Å². The van der Waals surface area contributed by atoms with Gasteiger partial charge in [0.1, 0.15) is 5.75 Å². The molecule has 2 rings (SSSR count). The van der Waals surface area contributed by atoms with Gasteiger partial charge in [-0.05, 0) is 25.6 Å². The molecule has 1 heterocycles. The van der Waals surface area contributed by atoms with Gasteiger partial charge in [0.05, 0.1) is 12.7 Å². The Kier molecular flexibility index (Phi) is 4.52. The molecule has 0 fully saturated rings.